The monoisotopic (exact) mass is 260 g/mol. The highest BCUT2D eigenvalue weighted by molar-refractivity contribution is 5.21. The van der Waals surface area contributed by atoms with Gasteiger partial charge in [0, 0.05) is 5.41 Å². The van der Waals surface area contributed by atoms with Crippen LogP contribution < -0.4 is 0 Å². The summed E-state index contributed by atoms with van der Waals surface area (Å²) in [7, 11) is 0. The Morgan fingerprint density at radius 3 is 2.84 bits per heavy atom. The zero-order chi connectivity index (χ0) is 13.2. The van der Waals surface area contributed by atoms with E-state index in [2.05, 4.69) is 13.5 Å². The van der Waals surface area contributed by atoms with Crippen molar-refractivity contribution in [2.45, 2.75) is 64.4 Å². The van der Waals surface area contributed by atoms with Crippen molar-refractivity contribution >= 4 is 0 Å². The van der Waals surface area contributed by atoms with Crippen molar-refractivity contribution in [1.29, 1.82) is 0 Å². The van der Waals surface area contributed by atoms with E-state index in [-0.39, 0.29) is 11.5 Å². The predicted molar refractivity (Wildman–Crippen MR) is 77.6 cm³/mol. The van der Waals surface area contributed by atoms with E-state index in [0.29, 0.717) is 0 Å². The fraction of sp³-hybridized carbons (Fsp3) is 0.889. The number of aliphatic hydroxyl groups excluding tert-OH is 1. The van der Waals surface area contributed by atoms with Crippen molar-refractivity contribution in [2.24, 2.45) is 35.0 Å². The van der Waals surface area contributed by atoms with E-state index in [1.54, 1.807) is 0 Å². The summed E-state index contributed by atoms with van der Waals surface area (Å²) in [4.78, 5) is 0. The lowest BCUT2D eigenvalue weighted by Crippen LogP contribution is -2.54. The Hall–Kier alpha value is -0.300. The Labute approximate surface area is 117 Å². The van der Waals surface area contributed by atoms with Gasteiger partial charge in [-0.25, -0.2) is 0 Å². The minimum absolute atomic E-state index is 0.0404. The van der Waals surface area contributed by atoms with Gasteiger partial charge in [0.25, 0.3) is 0 Å². The summed E-state index contributed by atoms with van der Waals surface area (Å²) in [6.07, 6.45) is 10.4. The van der Waals surface area contributed by atoms with Crippen LogP contribution in [0.1, 0.15) is 58.3 Å². The van der Waals surface area contributed by atoms with Crippen LogP contribution in [-0.4, -0.2) is 11.2 Å². The molecule has 7 atom stereocenters. The normalized spacial score (nSPS) is 56.6. The van der Waals surface area contributed by atoms with Crippen molar-refractivity contribution in [3.63, 3.8) is 0 Å². The van der Waals surface area contributed by atoms with Crippen LogP contribution in [0.4, 0.5) is 0 Å². The molecule has 4 fully saturated rings. The van der Waals surface area contributed by atoms with Crippen LogP contribution in [0.5, 0.6) is 0 Å². The van der Waals surface area contributed by atoms with E-state index in [0.717, 1.165) is 42.4 Å². The molecule has 0 aromatic rings. The van der Waals surface area contributed by atoms with Gasteiger partial charge in [0.1, 0.15) is 0 Å². The molecule has 106 valence electrons. The molecule has 4 aliphatic carbocycles. The molecular weight excluding hydrogens is 232 g/mol. The van der Waals surface area contributed by atoms with Gasteiger partial charge in [-0.1, -0.05) is 31.9 Å². The molecule has 2 bridgehead atoms. The Bertz CT molecular complexity index is 400. The summed E-state index contributed by atoms with van der Waals surface area (Å²) in [5.41, 5.74) is 1.71. The smallest absolute Gasteiger partial charge is 0.0605 e. The molecule has 0 aromatic carbocycles. The highest BCUT2D eigenvalue weighted by Crippen LogP contribution is 2.66. The quantitative estimate of drug-likeness (QED) is 0.648. The van der Waals surface area contributed by atoms with Crippen LogP contribution in [0.15, 0.2) is 12.2 Å². The average molecular weight is 260 g/mol. The molecule has 1 nitrogen and oxygen atoms in total. The highest BCUT2D eigenvalue weighted by atomic mass is 16.3. The maximum atomic E-state index is 10.9. The van der Waals surface area contributed by atoms with E-state index in [9.17, 15) is 5.11 Å². The lowest BCUT2D eigenvalue weighted by Gasteiger charge is -2.57. The second-order valence-corrected chi connectivity index (χ2v) is 8.14. The molecule has 1 spiro atoms. The van der Waals surface area contributed by atoms with Crippen LogP contribution in [0.25, 0.3) is 0 Å². The summed E-state index contributed by atoms with van der Waals surface area (Å²) in [5, 5.41) is 10.9. The Morgan fingerprint density at radius 1 is 1.16 bits per heavy atom. The van der Waals surface area contributed by atoms with Crippen LogP contribution in [-0.2, 0) is 0 Å². The van der Waals surface area contributed by atoms with E-state index < -0.39 is 0 Å². The van der Waals surface area contributed by atoms with Gasteiger partial charge in [-0.3, -0.25) is 0 Å². The third-order valence-electron chi connectivity index (χ3n) is 7.48. The van der Waals surface area contributed by atoms with Gasteiger partial charge >= 0.3 is 0 Å². The Balaban J connectivity index is 1.71. The molecule has 1 N–H and O–H groups in total. The fourth-order valence-corrected chi connectivity index (χ4v) is 6.57. The maximum Gasteiger partial charge on any atom is 0.0605 e. The molecule has 4 aliphatic rings. The summed E-state index contributed by atoms with van der Waals surface area (Å²) >= 11 is 0. The summed E-state index contributed by atoms with van der Waals surface area (Å²) in [6.45, 7) is 6.76. The maximum absolute atomic E-state index is 10.9. The third kappa shape index (κ3) is 1.57. The topological polar surface area (TPSA) is 20.2 Å². The molecule has 0 radical (unpaired) electrons. The van der Waals surface area contributed by atoms with E-state index >= 15 is 0 Å². The number of fused-ring (bicyclic) bond motifs is 3. The molecule has 19 heavy (non-hydrogen) atoms. The lowest BCUT2D eigenvalue weighted by molar-refractivity contribution is -0.137. The number of rotatable bonds is 0. The lowest BCUT2D eigenvalue weighted by atomic mass is 9.49. The standard InChI is InChI=1S/C18H28O/c1-11-4-3-5-14-15(11)8-17(19)18-9-12(2)13(10-18)6-7-16(14)18/h11,13-17,19H,2-10H2,1H3/t11?,13-,14?,15?,16?,17?,18+/m1/s1. The van der Waals surface area contributed by atoms with Crippen LogP contribution in [0.3, 0.4) is 0 Å². The zero-order valence-corrected chi connectivity index (χ0v) is 12.3. The van der Waals surface area contributed by atoms with Crippen molar-refractivity contribution in [3.05, 3.63) is 12.2 Å². The van der Waals surface area contributed by atoms with Gasteiger partial charge in [-0.2, -0.15) is 0 Å². The van der Waals surface area contributed by atoms with E-state index in [4.69, 9.17) is 0 Å². The Morgan fingerprint density at radius 2 is 2.00 bits per heavy atom. The van der Waals surface area contributed by atoms with Crippen LogP contribution in [0, 0.1) is 35.0 Å². The molecular formula is C18H28O. The van der Waals surface area contributed by atoms with Crippen LogP contribution >= 0.6 is 0 Å². The summed E-state index contributed by atoms with van der Waals surface area (Å²) in [6, 6.07) is 0. The van der Waals surface area contributed by atoms with Crippen molar-refractivity contribution in [3.8, 4) is 0 Å². The average Bonchev–Trinajstić information content (AvgIpc) is 2.64. The highest BCUT2D eigenvalue weighted by Gasteiger charge is 2.60. The number of allylic oxidation sites excluding steroid dienone is 1. The fourth-order valence-electron chi connectivity index (χ4n) is 6.57. The largest absolute Gasteiger partial charge is 0.393 e. The second kappa shape index (κ2) is 4.10. The van der Waals surface area contributed by atoms with Gasteiger partial charge in [-0.15, -0.1) is 0 Å². The Kier molecular flexibility index (Phi) is 2.68. The first-order valence-corrected chi connectivity index (χ1v) is 8.47. The summed E-state index contributed by atoms with van der Waals surface area (Å²) in [5.74, 6) is 4.11. The zero-order valence-electron chi connectivity index (χ0n) is 12.3. The van der Waals surface area contributed by atoms with E-state index in [1.165, 1.54) is 44.1 Å². The minimum atomic E-state index is -0.0404. The number of aliphatic hydroxyl groups is 1. The molecule has 0 saturated heterocycles. The minimum Gasteiger partial charge on any atom is -0.393 e. The van der Waals surface area contributed by atoms with Gasteiger partial charge in [0.2, 0.25) is 0 Å². The van der Waals surface area contributed by atoms with Gasteiger partial charge < -0.3 is 5.11 Å². The van der Waals surface area contributed by atoms with Gasteiger partial charge in [0.05, 0.1) is 6.10 Å². The SMILES string of the molecule is C=C1C[C@]23C[C@H]1CCC2C1CCCC(C)C1CC3O. The molecule has 0 aromatic heterocycles. The predicted octanol–water partition coefficient (Wildman–Crippen LogP) is 4.17. The molecule has 1 heteroatoms. The van der Waals surface area contributed by atoms with Crippen molar-refractivity contribution < 1.29 is 5.11 Å². The third-order valence-corrected chi connectivity index (χ3v) is 7.48. The molecule has 0 heterocycles. The van der Waals surface area contributed by atoms with Crippen molar-refractivity contribution in [1.82, 2.24) is 0 Å². The van der Waals surface area contributed by atoms with Gasteiger partial charge in [-0.05, 0) is 68.1 Å². The van der Waals surface area contributed by atoms with Gasteiger partial charge in [0.15, 0.2) is 0 Å². The molecule has 0 aliphatic heterocycles. The molecule has 0 amide bonds. The summed E-state index contributed by atoms with van der Waals surface area (Å²) < 4.78 is 0. The van der Waals surface area contributed by atoms with Crippen molar-refractivity contribution in [2.75, 3.05) is 0 Å². The molecule has 5 unspecified atom stereocenters. The number of hydrogen-bond acceptors (Lipinski definition) is 1. The first-order chi connectivity index (χ1) is 9.12. The first kappa shape index (κ1) is 12.4. The number of hydrogen-bond donors (Lipinski definition) is 1. The second-order valence-electron chi connectivity index (χ2n) is 8.14. The van der Waals surface area contributed by atoms with E-state index in [1.807, 2.05) is 0 Å². The molecule has 4 saturated carbocycles. The van der Waals surface area contributed by atoms with Crippen LogP contribution in [0.2, 0.25) is 0 Å². The first-order valence-electron chi connectivity index (χ1n) is 8.47. The molecule has 4 rings (SSSR count).